The number of fused-ring (bicyclic) bond motifs is 1. The third-order valence-corrected chi connectivity index (χ3v) is 5.36. The van der Waals surface area contributed by atoms with Crippen molar-refractivity contribution in [2.45, 2.75) is 39.5 Å². The number of carbonyl (C=O) groups excluding carboxylic acids is 1. The SMILES string of the molecule is COc1nn(C)c2nc(C)c(CCC(=O)NCCC3CCNC3)c(C)c12. The van der Waals surface area contributed by atoms with Gasteiger partial charge in [-0.25, -0.2) is 9.67 Å². The Morgan fingerprint density at radius 2 is 2.23 bits per heavy atom. The van der Waals surface area contributed by atoms with Crippen molar-refractivity contribution < 1.29 is 9.53 Å². The highest BCUT2D eigenvalue weighted by atomic mass is 16.5. The maximum absolute atomic E-state index is 12.2. The number of nitrogens with zero attached hydrogens (tertiary/aromatic N) is 3. The summed E-state index contributed by atoms with van der Waals surface area (Å²) in [4.78, 5) is 16.9. The lowest BCUT2D eigenvalue weighted by Gasteiger charge is -2.12. The molecule has 0 aliphatic carbocycles. The molecular weight excluding hydrogens is 330 g/mol. The van der Waals surface area contributed by atoms with Crippen molar-refractivity contribution in [2.24, 2.45) is 13.0 Å². The summed E-state index contributed by atoms with van der Waals surface area (Å²) in [6.45, 7) is 6.99. The van der Waals surface area contributed by atoms with Gasteiger partial charge in [0.25, 0.3) is 0 Å². The van der Waals surface area contributed by atoms with Crippen LogP contribution in [0.2, 0.25) is 0 Å². The molecule has 0 radical (unpaired) electrons. The van der Waals surface area contributed by atoms with Crippen molar-refractivity contribution >= 4 is 16.9 Å². The van der Waals surface area contributed by atoms with Gasteiger partial charge in [-0.2, -0.15) is 0 Å². The number of ether oxygens (including phenoxy) is 1. The summed E-state index contributed by atoms with van der Waals surface area (Å²) >= 11 is 0. The minimum atomic E-state index is 0.105. The van der Waals surface area contributed by atoms with Gasteiger partial charge in [0.2, 0.25) is 11.8 Å². The highest BCUT2D eigenvalue weighted by Crippen LogP contribution is 2.30. The molecule has 2 aromatic rings. The maximum Gasteiger partial charge on any atom is 0.242 e. The first-order chi connectivity index (χ1) is 12.5. The molecule has 3 rings (SSSR count). The third kappa shape index (κ3) is 3.82. The van der Waals surface area contributed by atoms with E-state index < -0.39 is 0 Å². The summed E-state index contributed by atoms with van der Waals surface area (Å²) < 4.78 is 7.13. The van der Waals surface area contributed by atoms with Crippen LogP contribution in [0.5, 0.6) is 5.88 Å². The molecule has 1 aliphatic rings. The van der Waals surface area contributed by atoms with E-state index in [1.165, 1.54) is 6.42 Å². The van der Waals surface area contributed by atoms with Gasteiger partial charge >= 0.3 is 0 Å². The van der Waals surface area contributed by atoms with Crippen molar-refractivity contribution in [3.8, 4) is 5.88 Å². The normalized spacial score (nSPS) is 17.0. The molecule has 26 heavy (non-hydrogen) atoms. The number of hydrogen-bond donors (Lipinski definition) is 2. The molecular formula is C19H29N5O2. The molecule has 0 spiro atoms. The summed E-state index contributed by atoms with van der Waals surface area (Å²) in [6.07, 6.45) is 3.42. The smallest absolute Gasteiger partial charge is 0.242 e. The average Bonchev–Trinajstić information content (AvgIpc) is 3.23. The number of pyridine rings is 1. The van der Waals surface area contributed by atoms with Gasteiger partial charge in [0.05, 0.1) is 12.5 Å². The van der Waals surface area contributed by atoms with E-state index in [0.717, 1.165) is 53.9 Å². The van der Waals surface area contributed by atoms with Crippen LogP contribution in [0, 0.1) is 19.8 Å². The fraction of sp³-hybridized carbons (Fsp3) is 0.632. The zero-order valence-corrected chi connectivity index (χ0v) is 16.2. The molecule has 0 aromatic carbocycles. The van der Waals surface area contributed by atoms with E-state index in [1.807, 2.05) is 14.0 Å². The van der Waals surface area contributed by atoms with Crippen LogP contribution in [-0.2, 0) is 18.3 Å². The summed E-state index contributed by atoms with van der Waals surface area (Å²) in [7, 11) is 3.48. The Hall–Kier alpha value is -2.15. The van der Waals surface area contributed by atoms with Crippen molar-refractivity contribution in [3.05, 3.63) is 16.8 Å². The lowest BCUT2D eigenvalue weighted by atomic mass is 10.00. The minimum Gasteiger partial charge on any atom is -0.479 e. The highest BCUT2D eigenvalue weighted by molar-refractivity contribution is 5.86. The number of methoxy groups -OCH3 is 1. The second-order valence-electron chi connectivity index (χ2n) is 7.13. The summed E-state index contributed by atoms with van der Waals surface area (Å²) in [5.41, 5.74) is 3.97. The van der Waals surface area contributed by atoms with Crippen LogP contribution in [-0.4, -0.2) is 47.4 Å². The molecule has 0 bridgehead atoms. The first kappa shape index (κ1) is 18.6. The number of carbonyl (C=O) groups is 1. The van der Waals surface area contributed by atoms with Crippen LogP contribution in [0.4, 0.5) is 0 Å². The van der Waals surface area contributed by atoms with E-state index in [0.29, 0.717) is 24.6 Å². The molecule has 7 nitrogen and oxygen atoms in total. The Kier molecular flexibility index (Phi) is 5.76. The zero-order chi connectivity index (χ0) is 18.7. The quantitative estimate of drug-likeness (QED) is 0.785. The van der Waals surface area contributed by atoms with E-state index in [9.17, 15) is 4.79 Å². The predicted octanol–water partition coefficient (Wildman–Crippen LogP) is 1.64. The summed E-state index contributed by atoms with van der Waals surface area (Å²) in [5, 5.41) is 11.7. The number of amides is 1. The lowest BCUT2D eigenvalue weighted by molar-refractivity contribution is -0.121. The third-order valence-electron chi connectivity index (χ3n) is 5.36. The Labute approximate surface area is 154 Å². The summed E-state index contributed by atoms with van der Waals surface area (Å²) in [6, 6.07) is 0. The van der Waals surface area contributed by atoms with Gasteiger partial charge in [0, 0.05) is 25.7 Å². The number of aromatic nitrogens is 3. The molecule has 3 heterocycles. The van der Waals surface area contributed by atoms with Gasteiger partial charge < -0.3 is 15.4 Å². The van der Waals surface area contributed by atoms with Crippen molar-refractivity contribution in [1.82, 2.24) is 25.4 Å². The first-order valence-corrected chi connectivity index (χ1v) is 9.35. The molecule has 1 fully saturated rings. The van der Waals surface area contributed by atoms with Gasteiger partial charge in [0.1, 0.15) is 0 Å². The van der Waals surface area contributed by atoms with Gasteiger partial charge in [-0.05, 0) is 63.2 Å². The molecule has 1 aliphatic heterocycles. The second kappa shape index (κ2) is 8.03. The molecule has 2 N–H and O–H groups in total. The Balaban J connectivity index is 1.63. The van der Waals surface area contributed by atoms with Gasteiger partial charge in [-0.15, -0.1) is 5.10 Å². The van der Waals surface area contributed by atoms with E-state index in [-0.39, 0.29) is 5.91 Å². The first-order valence-electron chi connectivity index (χ1n) is 9.35. The minimum absolute atomic E-state index is 0.105. The molecule has 1 unspecified atom stereocenters. The van der Waals surface area contributed by atoms with Crippen molar-refractivity contribution in [2.75, 3.05) is 26.7 Å². The van der Waals surface area contributed by atoms with Crippen LogP contribution in [0.1, 0.15) is 36.1 Å². The van der Waals surface area contributed by atoms with Gasteiger partial charge in [-0.3, -0.25) is 4.79 Å². The van der Waals surface area contributed by atoms with E-state index >= 15 is 0 Å². The van der Waals surface area contributed by atoms with E-state index in [2.05, 4.69) is 27.6 Å². The fourth-order valence-corrected chi connectivity index (χ4v) is 3.81. The highest BCUT2D eigenvalue weighted by Gasteiger charge is 2.19. The van der Waals surface area contributed by atoms with E-state index in [1.54, 1.807) is 11.8 Å². The van der Waals surface area contributed by atoms with Crippen LogP contribution >= 0.6 is 0 Å². The second-order valence-corrected chi connectivity index (χ2v) is 7.13. The van der Waals surface area contributed by atoms with Crippen LogP contribution in [0.25, 0.3) is 11.0 Å². The molecule has 2 aromatic heterocycles. The zero-order valence-electron chi connectivity index (χ0n) is 16.2. The molecule has 1 atom stereocenters. The van der Waals surface area contributed by atoms with Crippen molar-refractivity contribution in [3.63, 3.8) is 0 Å². The molecule has 7 heteroatoms. The van der Waals surface area contributed by atoms with Crippen molar-refractivity contribution in [1.29, 1.82) is 0 Å². The maximum atomic E-state index is 12.2. The molecule has 142 valence electrons. The molecule has 1 saturated heterocycles. The topological polar surface area (TPSA) is 81.1 Å². The molecule has 1 amide bonds. The standard InChI is InChI=1S/C19H29N5O2/c1-12-15(5-6-16(25)21-10-8-14-7-9-20-11-14)13(2)22-18-17(12)19(26-4)23-24(18)3/h14,20H,5-11H2,1-4H3,(H,21,25). The van der Waals surface area contributed by atoms with Gasteiger partial charge in [-0.1, -0.05) is 0 Å². The lowest BCUT2D eigenvalue weighted by Crippen LogP contribution is -2.26. The van der Waals surface area contributed by atoms with Crippen LogP contribution < -0.4 is 15.4 Å². The number of rotatable bonds is 7. The monoisotopic (exact) mass is 359 g/mol. The fourth-order valence-electron chi connectivity index (χ4n) is 3.81. The largest absolute Gasteiger partial charge is 0.479 e. The Morgan fingerprint density at radius 3 is 2.92 bits per heavy atom. The van der Waals surface area contributed by atoms with Crippen LogP contribution in [0.15, 0.2) is 0 Å². The Morgan fingerprint density at radius 1 is 1.42 bits per heavy atom. The predicted molar refractivity (Wildman–Crippen MR) is 101 cm³/mol. The molecule has 0 saturated carbocycles. The Bertz CT molecular complexity index is 793. The average molecular weight is 359 g/mol. The van der Waals surface area contributed by atoms with Crippen LogP contribution in [0.3, 0.4) is 0 Å². The van der Waals surface area contributed by atoms with Gasteiger partial charge in [0.15, 0.2) is 5.65 Å². The van der Waals surface area contributed by atoms with E-state index in [4.69, 9.17) is 4.74 Å². The summed E-state index contributed by atoms with van der Waals surface area (Å²) in [5.74, 6) is 1.39. The number of nitrogens with one attached hydrogen (secondary N) is 2. The number of hydrogen-bond acceptors (Lipinski definition) is 5. The number of aryl methyl sites for hydroxylation is 3.